The molecule has 0 saturated heterocycles. The van der Waals surface area contributed by atoms with Gasteiger partial charge in [-0.25, -0.2) is 0 Å². The predicted molar refractivity (Wildman–Crippen MR) is 67.3 cm³/mol. The molecule has 1 aromatic carbocycles. The fourth-order valence-corrected chi connectivity index (χ4v) is 1.24. The third-order valence-electron chi connectivity index (χ3n) is 2.83. The summed E-state index contributed by atoms with van der Waals surface area (Å²) in [5.74, 6) is 1.13. The molecule has 92 valence electrons. The second-order valence-electron chi connectivity index (χ2n) is 5.07. The van der Waals surface area contributed by atoms with Gasteiger partial charge in [0, 0.05) is 0 Å². The SMILES string of the molecule is COc1cccc(C#N)c1OC(C)C(C)(C)C. The minimum Gasteiger partial charge on any atom is -0.493 e. The fraction of sp³-hybridized carbons (Fsp3) is 0.500. The average molecular weight is 233 g/mol. The van der Waals surface area contributed by atoms with E-state index in [0.29, 0.717) is 17.1 Å². The number of nitriles is 1. The molecule has 1 rings (SSSR count). The summed E-state index contributed by atoms with van der Waals surface area (Å²) in [6, 6.07) is 7.43. The molecule has 0 aliphatic carbocycles. The standard InChI is InChI=1S/C14H19NO2/c1-10(14(2,3)4)17-13-11(9-15)7-6-8-12(13)16-5/h6-8,10H,1-5H3. The van der Waals surface area contributed by atoms with Gasteiger partial charge in [-0.05, 0) is 24.5 Å². The van der Waals surface area contributed by atoms with Crippen molar-refractivity contribution in [2.24, 2.45) is 5.41 Å². The Morgan fingerprint density at radius 1 is 1.29 bits per heavy atom. The van der Waals surface area contributed by atoms with Gasteiger partial charge in [0.1, 0.15) is 12.2 Å². The van der Waals surface area contributed by atoms with Gasteiger partial charge in [0.05, 0.1) is 12.7 Å². The molecule has 1 aromatic rings. The number of methoxy groups -OCH3 is 1. The molecule has 0 radical (unpaired) electrons. The summed E-state index contributed by atoms with van der Waals surface area (Å²) in [5, 5.41) is 9.07. The van der Waals surface area contributed by atoms with E-state index in [2.05, 4.69) is 26.8 Å². The number of benzene rings is 1. The van der Waals surface area contributed by atoms with E-state index in [0.717, 1.165) is 0 Å². The van der Waals surface area contributed by atoms with Crippen LogP contribution in [-0.4, -0.2) is 13.2 Å². The summed E-state index contributed by atoms with van der Waals surface area (Å²) in [6.45, 7) is 8.28. The van der Waals surface area contributed by atoms with E-state index < -0.39 is 0 Å². The van der Waals surface area contributed by atoms with E-state index >= 15 is 0 Å². The van der Waals surface area contributed by atoms with Crippen LogP contribution >= 0.6 is 0 Å². The van der Waals surface area contributed by atoms with Crippen LogP contribution in [0, 0.1) is 16.7 Å². The molecular weight excluding hydrogens is 214 g/mol. The predicted octanol–water partition coefficient (Wildman–Crippen LogP) is 3.38. The van der Waals surface area contributed by atoms with Crippen molar-refractivity contribution in [3.63, 3.8) is 0 Å². The van der Waals surface area contributed by atoms with E-state index in [4.69, 9.17) is 14.7 Å². The maximum atomic E-state index is 9.07. The lowest BCUT2D eigenvalue weighted by Gasteiger charge is -2.28. The number of ether oxygens (including phenoxy) is 2. The van der Waals surface area contributed by atoms with E-state index in [-0.39, 0.29) is 11.5 Å². The first-order valence-electron chi connectivity index (χ1n) is 5.64. The molecule has 0 spiro atoms. The molecule has 3 heteroatoms. The molecular formula is C14H19NO2. The molecule has 0 amide bonds. The van der Waals surface area contributed by atoms with E-state index in [9.17, 15) is 0 Å². The lowest BCUT2D eigenvalue weighted by Crippen LogP contribution is -2.29. The van der Waals surface area contributed by atoms with Crippen LogP contribution in [0.2, 0.25) is 0 Å². The van der Waals surface area contributed by atoms with Crippen LogP contribution in [0.15, 0.2) is 18.2 Å². The molecule has 1 atom stereocenters. The topological polar surface area (TPSA) is 42.2 Å². The quantitative estimate of drug-likeness (QED) is 0.803. The summed E-state index contributed by atoms with van der Waals surface area (Å²) in [7, 11) is 1.57. The highest BCUT2D eigenvalue weighted by Crippen LogP contribution is 2.34. The zero-order chi connectivity index (χ0) is 13.1. The molecule has 17 heavy (non-hydrogen) atoms. The highest BCUT2D eigenvalue weighted by atomic mass is 16.5. The Labute approximate surface area is 103 Å². The van der Waals surface area contributed by atoms with Crippen molar-refractivity contribution in [3.8, 4) is 17.6 Å². The van der Waals surface area contributed by atoms with Crippen LogP contribution in [-0.2, 0) is 0 Å². The molecule has 0 fully saturated rings. The number of nitrogens with zero attached hydrogens (tertiary/aromatic N) is 1. The molecule has 0 bridgehead atoms. The number of para-hydroxylation sites is 1. The van der Waals surface area contributed by atoms with Crippen LogP contribution in [0.4, 0.5) is 0 Å². The molecule has 0 heterocycles. The summed E-state index contributed by atoms with van der Waals surface area (Å²) in [5.41, 5.74) is 0.508. The summed E-state index contributed by atoms with van der Waals surface area (Å²) in [6.07, 6.45) is -0.00843. The molecule has 3 nitrogen and oxygen atoms in total. The highest BCUT2D eigenvalue weighted by Gasteiger charge is 2.24. The van der Waals surface area contributed by atoms with Gasteiger partial charge in [0.15, 0.2) is 11.5 Å². The number of rotatable bonds is 3. The van der Waals surface area contributed by atoms with Crippen molar-refractivity contribution >= 4 is 0 Å². The molecule has 0 saturated carbocycles. The monoisotopic (exact) mass is 233 g/mol. The van der Waals surface area contributed by atoms with Crippen molar-refractivity contribution in [2.45, 2.75) is 33.8 Å². The van der Waals surface area contributed by atoms with Crippen LogP contribution < -0.4 is 9.47 Å². The first-order valence-corrected chi connectivity index (χ1v) is 5.64. The summed E-state index contributed by atoms with van der Waals surface area (Å²) >= 11 is 0. The Morgan fingerprint density at radius 2 is 1.94 bits per heavy atom. The van der Waals surface area contributed by atoms with Gasteiger partial charge < -0.3 is 9.47 Å². The van der Waals surface area contributed by atoms with E-state index in [1.165, 1.54) is 0 Å². The third kappa shape index (κ3) is 3.13. The number of hydrogen-bond donors (Lipinski definition) is 0. The van der Waals surface area contributed by atoms with Gasteiger partial charge in [-0.15, -0.1) is 0 Å². The van der Waals surface area contributed by atoms with E-state index in [1.807, 2.05) is 6.92 Å². The van der Waals surface area contributed by atoms with Crippen molar-refractivity contribution in [1.29, 1.82) is 5.26 Å². The normalized spacial score (nSPS) is 12.7. The van der Waals surface area contributed by atoms with Gasteiger partial charge in [0.2, 0.25) is 0 Å². The smallest absolute Gasteiger partial charge is 0.179 e. The Balaban J connectivity index is 3.09. The number of hydrogen-bond acceptors (Lipinski definition) is 3. The van der Waals surface area contributed by atoms with Gasteiger partial charge in [0.25, 0.3) is 0 Å². The minimum absolute atomic E-state index is 0.00752. The maximum absolute atomic E-state index is 9.07. The Bertz CT molecular complexity index is 427. The molecule has 0 aliphatic rings. The Kier molecular flexibility index (Phi) is 4.01. The largest absolute Gasteiger partial charge is 0.493 e. The summed E-state index contributed by atoms with van der Waals surface area (Å²) in [4.78, 5) is 0. The van der Waals surface area contributed by atoms with Crippen molar-refractivity contribution < 1.29 is 9.47 Å². The van der Waals surface area contributed by atoms with Crippen molar-refractivity contribution in [3.05, 3.63) is 23.8 Å². The first kappa shape index (κ1) is 13.4. The Hall–Kier alpha value is -1.69. The maximum Gasteiger partial charge on any atom is 0.179 e. The van der Waals surface area contributed by atoms with Crippen molar-refractivity contribution in [2.75, 3.05) is 7.11 Å². The van der Waals surface area contributed by atoms with E-state index in [1.54, 1.807) is 25.3 Å². The Morgan fingerprint density at radius 3 is 2.41 bits per heavy atom. The molecule has 0 N–H and O–H groups in total. The highest BCUT2D eigenvalue weighted by molar-refractivity contribution is 5.52. The van der Waals surface area contributed by atoms with Crippen LogP contribution in [0.3, 0.4) is 0 Å². The van der Waals surface area contributed by atoms with Crippen LogP contribution in [0.1, 0.15) is 33.3 Å². The summed E-state index contributed by atoms with van der Waals surface area (Å²) < 4.78 is 11.1. The zero-order valence-corrected chi connectivity index (χ0v) is 11.1. The fourth-order valence-electron chi connectivity index (χ4n) is 1.24. The molecule has 0 aliphatic heterocycles. The first-order chi connectivity index (χ1) is 7.90. The van der Waals surface area contributed by atoms with Crippen LogP contribution in [0.25, 0.3) is 0 Å². The zero-order valence-electron chi connectivity index (χ0n) is 11.1. The lowest BCUT2D eigenvalue weighted by atomic mass is 9.90. The lowest BCUT2D eigenvalue weighted by molar-refractivity contribution is 0.0997. The van der Waals surface area contributed by atoms with Gasteiger partial charge in [-0.1, -0.05) is 26.8 Å². The molecule has 1 unspecified atom stereocenters. The van der Waals surface area contributed by atoms with Crippen molar-refractivity contribution in [1.82, 2.24) is 0 Å². The van der Waals surface area contributed by atoms with Crippen LogP contribution in [0.5, 0.6) is 11.5 Å². The van der Waals surface area contributed by atoms with Gasteiger partial charge in [-0.2, -0.15) is 5.26 Å². The third-order valence-corrected chi connectivity index (χ3v) is 2.83. The van der Waals surface area contributed by atoms with Gasteiger partial charge >= 0.3 is 0 Å². The minimum atomic E-state index is -0.00843. The second kappa shape index (κ2) is 5.09. The average Bonchev–Trinajstić information content (AvgIpc) is 2.28. The second-order valence-corrected chi connectivity index (χ2v) is 5.07. The van der Waals surface area contributed by atoms with Gasteiger partial charge in [-0.3, -0.25) is 0 Å². The molecule has 0 aromatic heterocycles.